The SMILES string of the molecule is COc1cccc(NC(=O)CNc2ccc(C(F)(F)F)cc2[N+](=O)[O-])c1. The Morgan fingerprint density at radius 3 is 2.58 bits per heavy atom. The number of methoxy groups -OCH3 is 1. The summed E-state index contributed by atoms with van der Waals surface area (Å²) in [5.41, 5.74) is -1.66. The maximum Gasteiger partial charge on any atom is 0.416 e. The lowest BCUT2D eigenvalue weighted by Crippen LogP contribution is -2.22. The third-order valence-electron chi connectivity index (χ3n) is 3.31. The van der Waals surface area contributed by atoms with E-state index in [2.05, 4.69) is 10.6 Å². The standard InChI is InChI=1S/C16H14F3N3O4/c1-26-12-4-2-3-11(8-12)21-15(23)9-20-13-6-5-10(16(17,18)19)7-14(13)22(24)25/h2-8,20H,9H2,1H3,(H,21,23). The summed E-state index contributed by atoms with van der Waals surface area (Å²) in [6.45, 7) is -0.372. The largest absolute Gasteiger partial charge is 0.497 e. The fourth-order valence-electron chi connectivity index (χ4n) is 2.09. The Labute approximate surface area is 145 Å². The monoisotopic (exact) mass is 369 g/mol. The zero-order chi connectivity index (χ0) is 19.3. The number of ether oxygens (including phenoxy) is 1. The average Bonchev–Trinajstić information content (AvgIpc) is 2.59. The third kappa shape index (κ3) is 4.85. The molecule has 0 atom stereocenters. The molecule has 2 N–H and O–H groups in total. The van der Waals surface area contributed by atoms with Gasteiger partial charge in [-0.1, -0.05) is 6.07 Å². The number of anilines is 2. The molecule has 0 aliphatic heterocycles. The first-order valence-corrected chi connectivity index (χ1v) is 7.24. The minimum atomic E-state index is -4.70. The molecule has 0 aliphatic rings. The maximum atomic E-state index is 12.7. The molecule has 138 valence electrons. The van der Waals surface area contributed by atoms with E-state index >= 15 is 0 Å². The quantitative estimate of drug-likeness (QED) is 0.599. The average molecular weight is 369 g/mol. The predicted octanol–water partition coefficient (Wildman–Crippen LogP) is 3.67. The van der Waals surface area contributed by atoms with Crippen LogP contribution in [0.1, 0.15) is 5.56 Å². The van der Waals surface area contributed by atoms with Crippen LogP contribution in [0.15, 0.2) is 42.5 Å². The fraction of sp³-hybridized carbons (Fsp3) is 0.188. The molecular weight excluding hydrogens is 355 g/mol. The number of hydrogen-bond donors (Lipinski definition) is 2. The molecule has 7 nitrogen and oxygen atoms in total. The van der Waals surface area contributed by atoms with Crippen LogP contribution in [-0.2, 0) is 11.0 Å². The number of rotatable bonds is 6. The molecule has 2 aromatic carbocycles. The number of halogens is 3. The van der Waals surface area contributed by atoms with Crippen molar-refractivity contribution in [1.82, 2.24) is 0 Å². The minimum absolute atomic E-state index is 0.191. The molecule has 0 spiro atoms. The van der Waals surface area contributed by atoms with Crippen molar-refractivity contribution in [2.75, 3.05) is 24.3 Å². The Morgan fingerprint density at radius 1 is 1.23 bits per heavy atom. The van der Waals surface area contributed by atoms with Gasteiger partial charge in [-0.3, -0.25) is 14.9 Å². The van der Waals surface area contributed by atoms with Crippen LogP contribution >= 0.6 is 0 Å². The first-order chi connectivity index (χ1) is 12.2. The second-order valence-electron chi connectivity index (χ2n) is 5.12. The van der Waals surface area contributed by atoms with Crippen molar-refractivity contribution in [1.29, 1.82) is 0 Å². The molecule has 0 unspecified atom stereocenters. The molecule has 0 aliphatic carbocycles. The summed E-state index contributed by atoms with van der Waals surface area (Å²) < 4.78 is 43.0. The van der Waals surface area contributed by atoms with Gasteiger partial charge in [-0.15, -0.1) is 0 Å². The number of nitrogens with one attached hydrogen (secondary N) is 2. The zero-order valence-electron chi connectivity index (χ0n) is 13.5. The molecule has 0 saturated heterocycles. The van der Waals surface area contributed by atoms with Crippen molar-refractivity contribution >= 4 is 23.0 Å². The second kappa shape index (κ2) is 7.72. The molecule has 0 radical (unpaired) electrons. The molecule has 10 heteroatoms. The number of benzene rings is 2. The number of carbonyl (C=O) groups excluding carboxylic acids is 1. The zero-order valence-corrected chi connectivity index (χ0v) is 13.5. The van der Waals surface area contributed by atoms with Crippen LogP contribution < -0.4 is 15.4 Å². The van der Waals surface area contributed by atoms with Gasteiger partial charge in [0.2, 0.25) is 5.91 Å². The Hall–Kier alpha value is -3.30. The van der Waals surface area contributed by atoms with Crippen LogP contribution in [0.3, 0.4) is 0 Å². The fourth-order valence-corrected chi connectivity index (χ4v) is 2.09. The lowest BCUT2D eigenvalue weighted by atomic mass is 10.1. The molecule has 0 saturated carbocycles. The van der Waals surface area contributed by atoms with E-state index in [0.717, 1.165) is 6.07 Å². The van der Waals surface area contributed by atoms with Crippen molar-refractivity contribution in [2.45, 2.75) is 6.18 Å². The van der Waals surface area contributed by atoms with E-state index in [4.69, 9.17) is 4.74 Å². The van der Waals surface area contributed by atoms with Gasteiger partial charge < -0.3 is 15.4 Å². The Bertz CT molecular complexity index is 825. The van der Waals surface area contributed by atoms with Gasteiger partial charge in [0.25, 0.3) is 5.69 Å². The highest BCUT2D eigenvalue weighted by Gasteiger charge is 2.33. The van der Waals surface area contributed by atoms with E-state index in [9.17, 15) is 28.1 Å². The van der Waals surface area contributed by atoms with E-state index in [0.29, 0.717) is 23.6 Å². The topological polar surface area (TPSA) is 93.5 Å². The number of carbonyl (C=O) groups is 1. The number of nitro groups is 1. The number of nitro benzene ring substituents is 1. The van der Waals surface area contributed by atoms with Crippen molar-refractivity contribution in [3.8, 4) is 5.75 Å². The van der Waals surface area contributed by atoms with Gasteiger partial charge in [-0.05, 0) is 24.3 Å². The van der Waals surface area contributed by atoms with Gasteiger partial charge in [-0.2, -0.15) is 13.2 Å². The van der Waals surface area contributed by atoms with Gasteiger partial charge in [0.15, 0.2) is 0 Å². The number of alkyl halides is 3. The summed E-state index contributed by atoms with van der Waals surface area (Å²) in [5, 5.41) is 16.0. The van der Waals surface area contributed by atoms with E-state index in [-0.39, 0.29) is 12.2 Å². The van der Waals surface area contributed by atoms with Crippen LogP contribution in [-0.4, -0.2) is 24.5 Å². The third-order valence-corrected chi connectivity index (χ3v) is 3.31. The van der Waals surface area contributed by atoms with E-state index in [1.54, 1.807) is 24.3 Å². The highest BCUT2D eigenvalue weighted by atomic mass is 19.4. The van der Waals surface area contributed by atoms with E-state index in [1.807, 2.05) is 0 Å². The number of amides is 1. The highest BCUT2D eigenvalue weighted by Crippen LogP contribution is 2.34. The van der Waals surface area contributed by atoms with Gasteiger partial charge in [0, 0.05) is 17.8 Å². The number of hydrogen-bond acceptors (Lipinski definition) is 5. The summed E-state index contributed by atoms with van der Waals surface area (Å²) >= 11 is 0. The predicted molar refractivity (Wildman–Crippen MR) is 88.2 cm³/mol. The normalized spacial score (nSPS) is 10.9. The second-order valence-corrected chi connectivity index (χ2v) is 5.12. The molecular formula is C16H14F3N3O4. The van der Waals surface area contributed by atoms with Crippen molar-refractivity contribution in [3.05, 3.63) is 58.1 Å². The Balaban J connectivity index is 2.08. The van der Waals surface area contributed by atoms with Crippen molar-refractivity contribution in [3.63, 3.8) is 0 Å². The molecule has 1 amide bonds. The molecule has 2 rings (SSSR count). The Kier molecular flexibility index (Phi) is 5.65. The molecule has 0 aromatic heterocycles. The number of nitrogens with zero attached hydrogens (tertiary/aromatic N) is 1. The van der Waals surface area contributed by atoms with Gasteiger partial charge in [-0.25, -0.2) is 0 Å². The molecule has 0 bridgehead atoms. The summed E-state index contributed by atoms with van der Waals surface area (Å²) in [5.74, 6) is -0.0124. The van der Waals surface area contributed by atoms with Crippen LogP contribution in [0.25, 0.3) is 0 Å². The van der Waals surface area contributed by atoms with Gasteiger partial charge >= 0.3 is 6.18 Å². The van der Waals surface area contributed by atoms with Crippen molar-refractivity contribution in [2.24, 2.45) is 0 Å². The Morgan fingerprint density at radius 2 is 1.96 bits per heavy atom. The summed E-state index contributed by atoms with van der Waals surface area (Å²) in [6.07, 6.45) is -4.70. The van der Waals surface area contributed by atoms with Crippen LogP contribution in [0, 0.1) is 10.1 Å². The lowest BCUT2D eigenvalue weighted by molar-refractivity contribution is -0.384. The first kappa shape index (κ1) is 19.0. The van der Waals surface area contributed by atoms with E-state index in [1.165, 1.54) is 7.11 Å². The van der Waals surface area contributed by atoms with E-state index < -0.39 is 28.3 Å². The lowest BCUT2D eigenvalue weighted by Gasteiger charge is -2.11. The van der Waals surface area contributed by atoms with Gasteiger partial charge in [0.1, 0.15) is 11.4 Å². The molecule has 2 aromatic rings. The minimum Gasteiger partial charge on any atom is -0.497 e. The smallest absolute Gasteiger partial charge is 0.416 e. The maximum absolute atomic E-state index is 12.7. The van der Waals surface area contributed by atoms with Crippen LogP contribution in [0.5, 0.6) is 5.75 Å². The summed E-state index contributed by atoms with van der Waals surface area (Å²) in [4.78, 5) is 22.0. The summed E-state index contributed by atoms with van der Waals surface area (Å²) in [7, 11) is 1.46. The van der Waals surface area contributed by atoms with Crippen LogP contribution in [0.4, 0.5) is 30.2 Å². The van der Waals surface area contributed by atoms with Gasteiger partial charge in [0.05, 0.1) is 24.1 Å². The molecule has 26 heavy (non-hydrogen) atoms. The first-order valence-electron chi connectivity index (χ1n) is 7.24. The summed E-state index contributed by atoms with van der Waals surface area (Å²) in [6, 6.07) is 8.55. The highest BCUT2D eigenvalue weighted by molar-refractivity contribution is 5.94. The molecule has 0 fully saturated rings. The molecule has 0 heterocycles. The van der Waals surface area contributed by atoms with Crippen LogP contribution in [0.2, 0.25) is 0 Å². The van der Waals surface area contributed by atoms with Crippen molar-refractivity contribution < 1.29 is 27.6 Å².